The summed E-state index contributed by atoms with van der Waals surface area (Å²) in [4.78, 5) is 18.6. The summed E-state index contributed by atoms with van der Waals surface area (Å²) < 4.78 is 12.9. The van der Waals surface area contributed by atoms with Gasteiger partial charge in [-0.05, 0) is 42.7 Å². The number of aliphatic hydroxyl groups excluding tert-OH is 1. The van der Waals surface area contributed by atoms with E-state index in [0.717, 1.165) is 31.7 Å². The molecule has 2 amide bonds. The summed E-state index contributed by atoms with van der Waals surface area (Å²) in [5.41, 5.74) is 1.18. The number of nitrogens with one attached hydrogen (secondary N) is 2. The van der Waals surface area contributed by atoms with Gasteiger partial charge in [0.1, 0.15) is 5.82 Å². The molecule has 1 aromatic carbocycles. The number of aromatic nitrogens is 1. The van der Waals surface area contributed by atoms with Crippen LogP contribution >= 0.6 is 0 Å². The maximum absolute atomic E-state index is 12.9. The van der Waals surface area contributed by atoms with Crippen molar-refractivity contribution >= 4 is 17.5 Å². The molecule has 0 bridgehead atoms. The third-order valence-corrected chi connectivity index (χ3v) is 4.15. The van der Waals surface area contributed by atoms with Crippen LogP contribution in [0.3, 0.4) is 0 Å². The van der Waals surface area contributed by atoms with E-state index in [9.17, 15) is 14.3 Å². The van der Waals surface area contributed by atoms with E-state index < -0.39 is 12.1 Å². The molecule has 1 aromatic heterocycles. The second kappa shape index (κ2) is 7.94. The lowest BCUT2D eigenvalue weighted by molar-refractivity contribution is 0.175. The summed E-state index contributed by atoms with van der Waals surface area (Å²) in [6.45, 7) is 1.88. The van der Waals surface area contributed by atoms with Crippen molar-refractivity contribution in [2.45, 2.75) is 18.9 Å². The topological polar surface area (TPSA) is 77.5 Å². The maximum Gasteiger partial charge on any atom is 0.319 e. The SMILES string of the molecule is O=C(NCC(O)c1ccc(F)cc1)Nc1cccnc1N1CCCC1. The molecule has 1 fully saturated rings. The number of benzene rings is 1. The van der Waals surface area contributed by atoms with Crippen molar-refractivity contribution in [3.8, 4) is 0 Å². The van der Waals surface area contributed by atoms with Gasteiger partial charge in [0, 0.05) is 25.8 Å². The van der Waals surface area contributed by atoms with Gasteiger partial charge in [0.15, 0.2) is 5.82 Å². The largest absolute Gasteiger partial charge is 0.387 e. The molecule has 3 rings (SSSR count). The number of anilines is 2. The monoisotopic (exact) mass is 344 g/mol. The lowest BCUT2D eigenvalue weighted by Gasteiger charge is -2.20. The highest BCUT2D eigenvalue weighted by Crippen LogP contribution is 2.25. The minimum Gasteiger partial charge on any atom is -0.387 e. The van der Waals surface area contributed by atoms with Crippen LogP contribution in [-0.4, -0.2) is 35.8 Å². The van der Waals surface area contributed by atoms with E-state index in [2.05, 4.69) is 20.5 Å². The van der Waals surface area contributed by atoms with E-state index >= 15 is 0 Å². The summed E-state index contributed by atoms with van der Waals surface area (Å²) in [7, 11) is 0. The first-order chi connectivity index (χ1) is 12.1. The van der Waals surface area contributed by atoms with E-state index in [-0.39, 0.29) is 12.4 Å². The molecule has 0 aliphatic carbocycles. The molecule has 25 heavy (non-hydrogen) atoms. The van der Waals surface area contributed by atoms with Gasteiger partial charge in [-0.25, -0.2) is 14.2 Å². The van der Waals surface area contributed by atoms with Crippen LogP contribution < -0.4 is 15.5 Å². The summed E-state index contributed by atoms with van der Waals surface area (Å²) in [5.74, 6) is 0.391. The number of aliphatic hydroxyl groups is 1. The van der Waals surface area contributed by atoms with Crippen molar-refractivity contribution in [3.05, 3.63) is 54.0 Å². The zero-order valence-electron chi connectivity index (χ0n) is 13.8. The number of urea groups is 1. The molecular weight excluding hydrogens is 323 g/mol. The minimum atomic E-state index is -0.904. The zero-order chi connectivity index (χ0) is 17.6. The van der Waals surface area contributed by atoms with Gasteiger partial charge in [-0.3, -0.25) is 0 Å². The van der Waals surface area contributed by atoms with Crippen LogP contribution in [0.25, 0.3) is 0 Å². The molecule has 1 aliphatic rings. The second-order valence-electron chi connectivity index (χ2n) is 5.97. The quantitative estimate of drug-likeness (QED) is 0.779. The number of carbonyl (C=O) groups excluding carboxylic acids is 1. The van der Waals surface area contributed by atoms with E-state index in [1.807, 2.05) is 0 Å². The van der Waals surface area contributed by atoms with Crippen molar-refractivity contribution < 1.29 is 14.3 Å². The average Bonchev–Trinajstić information content (AvgIpc) is 3.15. The molecule has 1 saturated heterocycles. The molecule has 1 aliphatic heterocycles. The highest BCUT2D eigenvalue weighted by atomic mass is 19.1. The molecule has 132 valence electrons. The fraction of sp³-hybridized carbons (Fsp3) is 0.333. The normalized spacial score (nSPS) is 15.0. The predicted molar refractivity (Wildman–Crippen MR) is 94.1 cm³/mol. The number of halogens is 1. The number of rotatable bonds is 5. The number of hydrogen-bond acceptors (Lipinski definition) is 4. The molecule has 1 atom stereocenters. The van der Waals surface area contributed by atoms with E-state index in [1.165, 1.54) is 24.3 Å². The Hall–Kier alpha value is -2.67. The van der Waals surface area contributed by atoms with Crippen LogP contribution in [0.5, 0.6) is 0 Å². The Morgan fingerprint density at radius 2 is 1.96 bits per heavy atom. The molecule has 0 saturated carbocycles. The van der Waals surface area contributed by atoms with Crippen molar-refractivity contribution in [3.63, 3.8) is 0 Å². The number of nitrogens with zero attached hydrogens (tertiary/aromatic N) is 2. The lowest BCUT2D eigenvalue weighted by Crippen LogP contribution is -2.33. The molecule has 3 N–H and O–H groups in total. The van der Waals surface area contributed by atoms with Crippen LogP contribution in [0.1, 0.15) is 24.5 Å². The molecule has 2 heterocycles. The molecule has 7 heteroatoms. The number of hydrogen-bond donors (Lipinski definition) is 3. The Morgan fingerprint density at radius 1 is 1.24 bits per heavy atom. The van der Waals surface area contributed by atoms with E-state index in [1.54, 1.807) is 18.3 Å². The van der Waals surface area contributed by atoms with Gasteiger partial charge in [0.25, 0.3) is 0 Å². The van der Waals surface area contributed by atoms with Gasteiger partial charge in [0.05, 0.1) is 11.8 Å². The van der Waals surface area contributed by atoms with Gasteiger partial charge in [-0.2, -0.15) is 0 Å². The van der Waals surface area contributed by atoms with E-state index in [0.29, 0.717) is 11.3 Å². The van der Waals surface area contributed by atoms with E-state index in [4.69, 9.17) is 0 Å². The summed E-state index contributed by atoms with van der Waals surface area (Å²) in [5, 5.41) is 15.5. The van der Waals surface area contributed by atoms with Crippen LogP contribution in [0, 0.1) is 5.82 Å². The summed E-state index contributed by atoms with van der Waals surface area (Å²) in [6.07, 6.45) is 3.03. The van der Waals surface area contributed by atoms with Gasteiger partial charge in [-0.15, -0.1) is 0 Å². The number of pyridine rings is 1. The first-order valence-electron chi connectivity index (χ1n) is 8.32. The van der Waals surface area contributed by atoms with Crippen molar-refractivity contribution in [1.82, 2.24) is 10.3 Å². The van der Waals surface area contributed by atoms with Gasteiger partial charge < -0.3 is 20.6 Å². The molecule has 6 nitrogen and oxygen atoms in total. The lowest BCUT2D eigenvalue weighted by atomic mass is 10.1. The molecular formula is C18H21FN4O2. The fourth-order valence-corrected chi connectivity index (χ4v) is 2.83. The first kappa shape index (κ1) is 17.2. The molecule has 0 radical (unpaired) electrons. The smallest absolute Gasteiger partial charge is 0.319 e. The number of carbonyl (C=O) groups is 1. The van der Waals surface area contributed by atoms with Crippen molar-refractivity contribution in [2.24, 2.45) is 0 Å². The third kappa shape index (κ3) is 4.45. The Balaban J connectivity index is 1.57. The predicted octanol–water partition coefficient (Wildman–Crippen LogP) is 2.68. The van der Waals surface area contributed by atoms with Gasteiger partial charge in [-0.1, -0.05) is 12.1 Å². The van der Waals surface area contributed by atoms with Crippen LogP contribution in [0.2, 0.25) is 0 Å². The van der Waals surface area contributed by atoms with Gasteiger partial charge >= 0.3 is 6.03 Å². The van der Waals surface area contributed by atoms with Crippen molar-refractivity contribution in [1.29, 1.82) is 0 Å². The Morgan fingerprint density at radius 3 is 2.68 bits per heavy atom. The third-order valence-electron chi connectivity index (χ3n) is 4.15. The Labute approximate surface area is 145 Å². The van der Waals surface area contributed by atoms with Crippen LogP contribution in [0.4, 0.5) is 20.7 Å². The molecule has 0 spiro atoms. The standard InChI is InChI=1S/C18H21FN4O2/c19-14-7-5-13(6-8-14)16(24)12-21-18(25)22-15-4-3-9-20-17(15)23-10-1-2-11-23/h3-9,16,24H,1-2,10-12H2,(H2,21,22,25). The molecule has 2 aromatic rings. The molecule has 1 unspecified atom stereocenters. The van der Waals surface area contributed by atoms with Crippen molar-refractivity contribution in [2.75, 3.05) is 29.9 Å². The second-order valence-corrected chi connectivity index (χ2v) is 5.97. The minimum absolute atomic E-state index is 0.0246. The Bertz CT molecular complexity index is 717. The fourth-order valence-electron chi connectivity index (χ4n) is 2.83. The average molecular weight is 344 g/mol. The maximum atomic E-state index is 12.9. The number of amides is 2. The summed E-state index contributed by atoms with van der Waals surface area (Å²) >= 11 is 0. The van der Waals surface area contributed by atoms with Crippen LogP contribution in [0.15, 0.2) is 42.6 Å². The zero-order valence-corrected chi connectivity index (χ0v) is 13.8. The highest BCUT2D eigenvalue weighted by molar-refractivity contribution is 5.92. The summed E-state index contributed by atoms with van der Waals surface area (Å²) in [6, 6.07) is 8.68. The first-order valence-corrected chi connectivity index (χ1v) is 8.32. The Kier molecular flexibility index (Phi) is 5.45. The van der Waals surface area contributed by atoms with Crippen LogP contribution in [-0.2, 0) is 0 Å². The highest BCUT2D eigenvalue weighted by Gasteiger charge is 2.18. The van der Waals surface area contributed by atoms with Gasteiger partial charge in [0.2, 0.25) is 0 Å².